The van der Waals surface area contributed by atoms with E-state index in [1.165, 1.54) is 6.07 Å². The Labute approximate surface area is 92.7 Å². The van der Waals surface area contributed by atoms with E-state index < -0.39 is 5.82 Å². The second kappa shape index (κ2) is 4.72. The van der Waals surface area contributed by atoms with Gasteiger partial charge in [-0.05, 0) is 23.8 Å². The van der Waals surface area contributed by atoms with Crippen LogP contribution in [-0.4, -0.2) is 4.98 Å². The molecule has 0 amide bonds. The lowest BCUT2D eigenvalue weighted by Gasteiger charge is -2.06. The molecule has 0 spiro atoms. The zero-order valence-corrected chi connectivity index (χ0v) is 8.56. The maximum absolute atomic E-state index is 13.5. The molecular weight excluding hydrogens is 207 g/mol. The number of halogens is 1. The first-order chi connectivity index (χ1) is 7.79. The Morgan fingerprint density at radius 1 is 1.25 bits per heavy atom. The molecule has 4 heteroatoms. The van der Waals surface area contributed by atoms with E-state index in [0.717, 1.165) is 5.56 Å². The maximum atomic E-state index is 13.5. The van der Waals surface area contributed by atoms with Gasteiger partial charge in [0, 0.05) is 18.8 Å². The highest BCUT2D eigenvalue weighted by atomic mass is 19.1. The zero-order valence-electron chi connectivity index (χ0n) is 8.56. The fourth-order valence-electron chi connectivity index (χ4n) is 1.27. The Bertz CT molecular complexity index is 474. The Hall–Kier alpha value is -1.94. The van der Waals surface area contributed by atoms with Crippen molar-refractivity contribution in [3.8, 4) is 11.6 Å². The molecule has 0 saturated carbocycles. The van der Waals surface area contributed by atoms with Gasteiger partial charge in [0.05, 0.1) is 0 Å². The van der Waals surface area contributed by atoms with Gasteiger partial charge in [-0.2, -0.15) is 0 Å². The Kier molecular flexibility index (Phi) is 3.12. The van der Waals surface area contributed by atoms with Crippen LogP contribution in [0.25, 0.3) is 0 Å². The van der Waals surface area contributed by atoms with Crippen LogP contribution >= 0.6 is 0 Å². The fourth-order valence-corrected chi connectivity index (χ4v) is 1.27. The van der Waals surface area contributed by atoms with E-state index in [2.05, 4.69) is 4.98 Å². The van der Waals surface area contributed by atoms with Gasteiger partial charge in [0.15, 0.2) is 11.6 Å². The van der Waals surface area contributed by atoms with E-state index in [-0.39, 0.29) is 5.75 Å². The lowest BCUT2D eigenvalue weighted by molar-refractivity contribution is 0.427. The molecule has 2 aromatic rings. The normalized spacial score (nSPS) is 10.1. The molecule has 0 aliphatic carbocycles. The van der Waals surface area contributed by atoms with E-state index in [4.69, 9.17) is 10.5 Å². The molecular formula is C12H11FN2O. The van der Waals surface area contributed by atoms with Gasteiger partial charge in [-0.3, -0.25) is 0 Å². The van der Waals surface area contributed by atoms with Crippen LogP contribution in [0, 0.1) is 5.82 Å². The monoisotopic (exact) mass is 218 g/mol. The van der Waals surface area contributed by atoms with Gasteiger partial charge in [-0.1, -0.05) is 12.1 Å². The SMILES string of the molecule is NCc1ccc(Oc2ccccn2)c(F)c1. The number of nitrogens with zero attached hydrogens (tertiary/aromatic N) is 1. The maximum Gasteiger partial charge on any atom is 0.219 e. The minimum atomic E-state index is -0.436. The molecule has 1 heterocycles. The van der Waals surface area contributed by atoms with Crippen LogP contribution in [-0.2, 0) is 6.54 Å². The van der Waals surface area contributed by atoms with Crippen LogP contribution in [0.4, 0.5) is 4.39 Å². The van der Waals surface area contributed by atoms with E-state index in [1.807, 2.05) is 0 Å². The molecule has 1 aromatic carbocycles. The molecule has 0 aliphatic rings. The molecule has 0 radical (unpaired) electrons. The van der Waals surface area contributed by atoms with Gasteiger partial charge in [0.1, 0.15) is 0 Å². The summed E-state index contributed by atoms with van der Waals surface area (Å²) in [6.07, 6.45) is 1.58. The second-order valence-electron chi connectivity index (χ2n) is 3.24. The first-order valence-electron chi connectivity index (χ1n) is 4.87. The third kappa shape index (κ3) is 2.35. The van der Waals surface area contributed by atoms with Gasteiger partial charge in [0.25, 0.3) is 0 Å². The molecule has 0 aliphatic heterocycles. The standard InChI is InChI=1S/C12H11FN2O/c13-10-7-9(8-14)4-5-11(10)16-12-3-1-2-6-15-12/h1-7H,8,14H2. The lowest BCUT2D eigenvalue weighted by Crippen LogP contribution is -1.98. The number of hydrogen-bond acceptors (Lipinski definition) is 3. The highest BCUT2D eigenvalue weighted by molar-refractivity contribution is 5.32. The van der Waals surface area contributed by atoms with Crippen molar-refractivity contribution in [3.63, 3.8) is 0 Å². The molecule has 1 aromatic heterocycles. The van der Waals surface area contributed by atoms with Gasteiger partial charge < -0.3 is 10.5 Å². The summed E-state index contributed by atoms with van der Waals surface area (Å²) in [4.78, 5) is 3.94. The molecule has 0 unspecified atom stereocenters. The number of ether oxygens (including phenoxy) is 1. The molecule has 16 heavy (non-hydrogen) atoms. The summed E-state index contributed by atoms with van der Waals surface area (Å²) in [5.74, 6) is 0.0754. The van der Waals surface area contributed by atoms with Crippen LogP contribution in [0.15, 0.2) is 42.6 Å². The summed E-state index contributed by atoms with van der Waals surface area (Å²) in [5, 5.41) is 0. The fraction of sp³-hybridized carbons (Fsp3) is 0.0833. The van der Waals surface area contributed by atoms with Gasteiger partial charge in [-0.25, -0.2) is 9.37 Å². The molecule has 2 N–H and O–H groups in total. The number of hydrogen-bond donors (Lipinski definition) is 1. The number of nitrogens with two attached hydrogens (primary N) is 1. The number of rotatable bonds is 3. The van der Waals surface area contributed by atoms with E-state index in [0.29, 0.717) is 12.4 Å². The largest absolute Gasteiger partial charge is 0.436 e. The molecule has 0 saturated heterocycles. The number of aromatic nitrogens is 1. The third-order valence-corrected chi connectivity index (χ3v) is 2.08. The average molecular weight is 218 g/mol. The number of benzene rings is 1. The molecule has 3 nitrogen and oxygen atoms in total. The van der Waals surface area contributed by atoms with Crippen LogP contribution in [0.5, 0.6) is 11.6 Å². The van der Waals surface area contributed by atoms with E-state index in [9.17, 15) is 4.39 Å². The minimum absolute atomic E-state index is 0.149. The molecule has 2 rings (SSSR count). The van der Waals surface area contributed by atoms with Crippen molar-refractivity contribution in [2.45, 2.75) is 6.54 Å². The summed E-state index contributed by atoms with van der Waals surface area (Å²) in [6, 6.07) is 9.83. The van der Waals surface area contributed by atoms with Gasteiger partial charge >= 0.3 is 0 Å². The summed E-state index contributed by atoms with van der Waals surface area (Å²) in [5.41, 5.74) is 6.13. The summed E-state index contributed by atoms with van der Waals surface area (Å²) in [6.45, 7) is 0.306. The van der Waals surface area contributed by atoms with Crippen LogP contribution in [0.1, 0.15) is 5.56 Å². The molecule has 0 atom stereocenters. The first kappa shape index (κ1) is 10.6. The molecule has 0 bridgehead atoms. The summed E-state index contributed by atoms with van der Waals surface area (Å²) < 4.78 is 18.8. The molecule has 82 valence electrons. The molecule has 0 fully saturated rings. The van der Waals surface area contributed by atoms with Crippen molar-refractivity contribution >= 4 is 0 Å². The van der Waals surface area contributed by atoms with Crippen LogP contribution in [0.2, 0.25) is 0 Å². The lowest BCUT2D eigenvalue weighted by atomic mass is 10.2. The topological polar surface area (TPSA) is 48.1 Å². The number of pyridine rings is 1. The average Bonchev–Trinajstić information content (AvgIpc) is 2.33. The van der Waals surface area contributed by atoms with Crippen molar-refractivity contribution in [1.29, 1.82) is 0 Å². The highest BCUT2D eigenvalue weighted by Gasteiger charge is 2.05. The van der Waals surface area contributed by atoms with E-state index >= 15 is 0 Å². The van der Waals surface area contributed by atoms with Crippen LogP contribution in [0.3, 0.4) is 0 Å². The highest BCUT2D eigenvalue weighted by Crippen LogP contribution is 2.23. The van der Waals surface area contributed by atoms with Gasteiger partial charge in [0.2, 0.25) is 5.88 Å². The zero-order chi connectivity index (χ0) is 11.4. The summed E-state index contributed by atoms with van der Waals surface area (Å²) in [7, 11) is 0. The second-order valence-corrected chi connectivity index (χ2v) is 3.24. The smallest absolute Gasteiger partial charge is 0.219 e. The predicted molar refractivity (Wildman–Crippen MR) is 58.6 cm³/mol. The van der Waals surface area contributed by atoms with Crippen molar-refractivity contribution in [2.24, 2.45) is 5.73 Å². The van der Waals surface area contributed by atoms with Crippen molar-refractivity contribution in [3.05, 3.63) is 54.0 Å². The van der Waals surface area contributed by atoms with Crippen molar-refractivity contribution in [1.82, 2.24) is 4.98 Å². The summed E-state index contributed by atoms with van der Waals surface area (Å²) >= 11 is 0. The minimum Gasteiger partial charge on any atom is -0.436 e. The third-order valence-electron chi connectivity index (χ3n) is 2.08. The first-order valence-corrected chi connectivity index (χ1v) is 4.87. The van der Waals surface area contributed by atoms with Crippen LogP contribution < -0.4 is 10.5 Å². The Balaban J connectivity index is 2.22. The quantitative estimate of drug-likeness (QED) is 0.860. The Morgan fingerprint density at radius 2 is 2.12 bits per heavy atom. The van der Waals surface area contributed by atoms with Crippen molar-refractivity contribution in [2.75, 3.05) is 0 Å². The Morgan fingerprint density at radius 3 is 2.75 bits per heavy atom. The van der Waals surface area contributed by atoms with Gasteiger partial charge in [-0.15, -0.1) is 0 Å². The predicted octanol–water partition coefficient (Wildman–Crippen LogP) is 2.47. The van der Waals surface area contributed by atoms with E-state index in [1.54, 1.807) is 36.5 Å². The van der Waals surface area contributed by atoms with Crippen molar-refractivity contribution < 1.29 is 9.13 Å².